The highest BCUT2D eigenvalue weighted by molar-refractivity contribution is 6.09. The number of aliphatic imine (C=N–C) groups is 1. The van der Waals surface area contributed by atoms with Crippen LogP contribution in [-0.4, -0.2) is 29.5 Å². The number of para-hydroxylation sites is 1. The molecule has 1 unspecified atom stereocenters. The van der Waals surface area contributed by atoms with E-state index in [0.717, 1.165) is 5.56 Å². The number of ketones is 1. The molecule has 0 radical (unpaired) electrons. The molecule has 0 aromatic heterocycles. The topological polar surface area (TPSA) is 98.9 Å². The normalized spacial score (nSPS) is 23.1. The quantitative estimate of drug-likeness (QED) is 0.418. The number of nitro benzene ring substituents is 1. The van der Waals surface area contributed by atoms with E-state index in [9.17, 15) is 19.7 Å². The van der Waals surface area contributed by atoms with Gasteiger partial charge in [-0.3, -0.25) is 24.7 Å². The first-order valence-electron chi connectivity index (χ1n) is 10.1. The number of benzene rings is 2. The number of nitrogens with zero attached hydrogens (tertiary/aromatic N) is 2. The fourth-order valence-electron chi connectivity index (χ4n) is 4.71. The van der Waals surface area contributed by atoms with Gasteiger partial charge in [0.1, 0.15) is 5.92 Å². The average molecular weight is 418 g/mol. The van der Waals surface area contributed by atoms with Gasteiger partial charge in [-0.25, -0.2) is 0 Å². The summed E-state index contributed by atoms with van der Waals surface area (Å²) in [6.07, 6.45) is 0.801. The van der Waals surface area contributed by atoms with Gasteiger partial charge < -0.3 is 4.74 Å². The lowest BCUT2D eigenvalue weighted by Crippen LogP contribution is -2.38. The predicted molar refractivity (Wildman–Crippen MR) is 115 cm³/mol. The van der Waals surface area contributed by atoms with Crippen LogP contribution >= 0.6 is 0 Å². The maximum absolute atomic E-state index is 13.4. The summed E-state index contributed by atoms with van der Waals surface area (Å²) in [4.78, 5) is 42.0. The van der Waals surface area contributed by atoms with Crippen LogP contribution in [-0.2, 0) is 14.3 Å². The van der Waals surface area contributed by atoms with Gasteiger partial charge in [-0.1, -0.05) is 48.5 Å². The number of hydrogen-bond acceptors (Lipinski definition) is 6. The molecule has 31 heavy (non-hydrogen) atoms. The molecule has 2 aromatic rings. The van der Waals surface area contributed by atoms with E-state index in [0.29, 0.717) is 29.0 Å². The monoisotopic (exact) mass is 418 g/mol. The van der Waals surface area contributed by atoms with Gasteiger partial charge in [0.2, 0.25) is 0 Å². The molecule has 158 valence electrons. The molecular formula is C24H22N2O5. The maximum atomic E-state index is 13.4. The summed E-state index contributed by atoms with van der Waals surface area (Å²) in [6, 6.07) is 16.0. The van der Waals surface area contributed by atoms with E-state index in [2.05, 4.69) is 4.99 Å². The van der Waals surface area contributed by atoms with Gasteiger partial charge in [0, 0.05) is 41.0 Å². The summed E-state index contributed by atoms with van der Waals surface area (Å²) in [5, 5.41) is 11.7. The number of methoxy groups -OCH3 is 1. The van der Waals surface area contributed by atoms with E-state index in [1.807, 2.05) is 30.3 Å². The van der Waals surface area contributed by atoms with E-state index >= 15 is 0 Å². The molecular weight excluding hydrogens is 396 g/mol. The Labute approximate surface area is 179 Å². The minimum Gasteiger partial charge on any atom is -0.468 e. The number of Topliss-reactive ketones (excluding diaryl/α,β-unsaturated/α-hetero) is 1. The molecule has 1 aliphatic carbocycles. The van der Waals surface area contributed by atoms with Crippen molar-refractivity contribution in [3.63, 3.8) is 0 Å². The van der Waals surface area contributed by atoms with Crippen molar-refractivity contribution in [2.45, 2.75) is 31.6 Å². The van der Waals surface area contributed by atoms with Crippen molar-refractivity contribution < 1.29 is 19.2 Å². The molecule has 0 bridgehead atoms. The van der Waals surface area contributed by atoms with Gasteiger partial charge in [0.05, 0.1) is 12.0 Å². The number of allylic oxidation sites excluding steroid dienone is 2. The highest BCUT2D eigenvalue weighted by Gasteiger charge is 2.46. The van der Waals surface area contributed by atoms with Crippen molar-refractivity contribution in [1.29, 1.82) is 0 Å². The van der Waals surface area contributed by atoms with E-state index in [1.165, 1.54) is 13.2 Å². The number of rotatable bonds is 4. The van der Waals surface area contributed by atoms with Gasteiger partial charge in [-0.05, 0) is 24.8 Å². The molecule has 2 aromatic carbocycles. The minimum absolute atomic E-state index is 0.0231. The van der Waals surface area contributed by atoms with Gasteiger partial charge >= 0.3 is 5.97 Å². The van der Waals surface area contributed by atoms with Crippen molar-refractivity contribution in [2.24, 2.45) is 10.9 Å². The van der Waals surface area contributed by atoms with Crippen molar-refractivity contribution in [1.82, 2.24) is 0 Å². The lowest BCUT2D eigenvalue weighted by atomic mass is 9.69. The van der Waals surface area contributed by atoms with E-state index in [1.54, 1.807) is 25.1 Å². The van der Waals surface area contributed by atoms with E-state index in [-0.39, 0.29) is 23.8 Å². The Morgan fingerprint density at radius 1 is 1.10 bits per heavy atom. The Kier molecular flexibility index (Phi) is 5.50. The van der Waals surface area contributed by atoms with Crippen LogP contribution in [0.2, 0.25) is 0 Å². The molecule has 2 aliphatic rings. The molecule has 1 heterocycles. The highest BCUT2D eigenvalue weighted by atomic mass is 16.6. The second-order valence-electron chi connectivity index (χ2n) is 7.85. The lowest BCUT2D eigenvalue weighted by Gasteiger charge is -2.36. The molecule has 3 atom stereocenters. The fourth-order valence-corrected chi connectivity index (χ4v) is 4.71. The number of esters is 1. The molecule has 0 saturated carbocycles. The molecule has 4 rings (SSSR count). The van der Waals surface area contributed by atoms with E-state index < -0.39 is 22.7 Å². The van der Waals surface area contributed by atoms with Crippen LogP contribution in [0.3, 0.4) is 0 Å². The number of ether oxygens (including phenoxy) is 1. The van der Waals surface area contributed by atoms with Crippen LogP contribution in [0.5, 0.6) is 0 Å². The summed E-state index contributed by atoms with van der Waals surface area (Å²) in [6.45, 7) is 1.71. The lowest BCUT2D eigenvalue weighted by molar-refractivity contribution is -0.385. The zero-order valence-electron chi connectivity index (χ0n) is 17.3. The van der Waals surface area contributed by atoms with Crippen LogP contribution in [0.4, 0.5) is 5.69 Å². The van der Waals surface area contributed by atoms with Crippen LogP contribution < -0.4 is 0 Å². The Morgan fingerprint density at radius 3 is 2.45 bits per heavy atom. The summed E-state index contributed by atoms with van der Waals surface area (Å²) in [7, 11) is 1.27. The zero-order valence-corrected chi connectivity index (χ0v) is 17.3. The molecule has 0 spiro atoms. The molecule has 7 nitrogen and oxygen atoms in total. The van der Waals surface area contributed by atoms with Crippen LogP contribution in [0.25, 0.3) is 0 Å². The van der Waals surface area contributed by atoms with Crippen LogP contribution in [0.15, 0.2) is 70.9 Å². The third-order valence-corrected chi connectivity index (χ3v) is 6.08. The first-order chi connectivity index (χ1) is 14.9. The van der Waals surface area contributed by atoms with Gasteiger partial charge in [-0.15, -0.1) is 0 Å². The molecule has 7 heteroatoms. The first kappa shape index (κ1) is 20.7. The van der Waals surface area contributed by atoms with Gasteiger partial charge in [0.15, 0.2) is 5.78 Å². The van der Waals surface area contributed by atoms with E-state index in [4.69, 9.17) is 4.74 Å². The molecule has 0 fully saturated rings. The summed E-state index contributed by atoms with van der Waals surface area (Å²) < 4.78 is 4.99. The standard InChI is InChI=1S/C24H22N2O5/c1-14-21(24(28)31-2)22(17-10-6-7-11-19(17)26(29)30)23-18(25-14)12-16(13-20(23)27)15-8-4-3-5-9-15/h3-11,16,21-22H,12-13H2,1-2H3/t16-,21?,22-/m0/s1. The first-order valence-corrected chi connectivity index (χ1v) is 10.1. The third-order valence-electron chi connectivity index (χ3n) is 6.08. The Morgan fingerprint density at radius 2 is 1.77 bits per heavy atom. The van der Waals surface area contributed by atoms with Crippen molar-refractivity contribution >= 4 is 23.2 Å². The number of nitro groups is 1. The summed E-state index contributed by atoms with van der Waals surface area (Å²) >= 11 is 0. The van der Waals surface area contributed by atoms with Crippen molar-refractivity contribution in [3.05, 3.63) is 87.1 Å². The van der Waals surface area contributed by atoms with Crippen LogP contribution in [0.1, 0.15) is 42.7 Å². The Bertz CT molecular complexity index is 1120. The number of hydrogen-bond donors (Lipinski definition) is 0. The third kappa shape index (κ3) is 3.67. The second kappa shape index (κ2) is 8.26. The molecule has 1 aliphatic heterocycles. The predicted octanol–water partition coefficient (Wildman–Crippen LogP) is 4.34. The Balaban J connectivity index is 1.88. The SMILES string of the molecule is COC(=O)C1C(C)=NC2=C(C(=O)C[C@@H](c3ccccc3)C2)[C@H]1c1ccccc1[N+](=O)[O-]. The fraction of sp³-hybridized carbons (Fsp3) is 0.292. The highest BCUT2D eigenvalue weighted by Crippen LogP contribution is 2.48. The van der Waals surface area contributed by atoms with Crippen LogP contribution in [0, 0.1) is 16.0 Å². The largest absolute Gasteiger partial charge is 0.468 e. The number of carbonyl (C=O) groups is 2. The summed E-state index contributed by atoms with van der Waals surface area (Å²) in [5.74, 6) is -2.41. The average Bonchev–Trinajstić information content (AvgIpc) is 2.78. The second-order valence-corrected chi connectivity index (χ2v) is 7.85. The Hall–Kier alpha value is -3.61. The molecule has 0 saturated heterocycles. The van der Waals surface area contributed by atoms with Gasteiger partial charge in [0.25, 0.3) is 5.69 Å². The minimum atomic E-state index is -0.887. The molecule has 0 amide bonds. The van der Waals surface area contributed by atoms with Crippen molar-refractivity contribution in [2.75, 3.05) is 7.11 Å². The summed E-state index contributed by atoms with van der Waals surface area (Å²) in [5.41, 5.74) is 2.74. The maximum Gasteiger partial charge on any atom is 0.315 e. The van der Waals surface area contributed by atoms with Gasteiger partial charge in [-0.2, -0.15) is 0 Å². The zero-order chi connectivity index (χ0) is 22.1. The number of carbonyl (C=O) groups excluding carboxylic acids is 2. The smallest absolute Gasteiger partial charge is 0.315 e. The van der Waals surface area contributed by atoms with Crippen molar-refractivity contribution in [3.8, 4) is 0 Å². The molecule has 0 N–H and O–H groups in total.